The van der Waals surface area contributed by atoms with Gasteiger partial charge in [0.1, 0.15) is 5.82 Å². The molecule has 0 atom stereocenters. The number of aromatic nitrogens is 1. The van der Waals surface area contributed by atoms with Crippen molar-refractivity contribution in [1.29, 1.82) is 0 Å². The monoisotopic (exact) mass is 238 g/mol. The minimum atomic E-state index is -1.06. The number of nitrogens with zero attached hydrogens (tertiary/aromatic N) is 2. The molecule has 0 unspecified atom stereocenters. The van der Waals surface area contributed by atoms with Crippen molar-refractivity contribution in [1.82, 2.24) is 4.98 Å². The number of rotatable bonds is 3. The minimum Gasteiger partial charge on any atom is -0.478 e. The van der Waals surface area contributed by atoms with Crippen molar-refractivity contribution in [3.8, 4) is 0 Å². The quantitative estimate of drug-likeness (QED) is 0.867. The van der Waals surface area contributed by atoms with E-state index in [0.717, 1.165) is 0 Å². The number of methoxy groups -OCH3 is 1. The van der Waals surface area contributed by atoms with Gasteiger partial charge in [-0.25, -0.2) is 14.6 Å². The summed E-state index contributed by atoms with van der Waals surface area (Å²) in [5, 5.41) is 8.73. The van der Waals surface area contributed by atoms with Gasteiger partial charge in [0.2, 0.25) is 0 Å². The van der Waals surface area contributed by atoms with Crippen LogP contribution in [0.2, 0.25) is 0 Å². The molecule has 0 saturated heterocycles. The van der Waals surface area contributed by atoms with Crippen LogP contribution in [0.5, 0.6) is 0 Å². The summed E-state index contributed by atoms with van der Waals surface area (Å²) in [6.45, 7) is 3.62. The number of carbonyl (C=O) groups excluding carboxylic acids is 1. The van der Waals surface area contributed by atoms with Crippen molar-refractivity contribution in [2.24, 2.45) is 0 Å². The molecule has 1 heterocycles. The predicted molar refractivity (Wildman–Crippen MR) is 61.2 cm³/mol. The Morgan fingerprint density at radius 3 is 2.41 bits per heavy atom. The van der Waals surface area contributed by atoms with Crippen LogP contribution in [0.3, 0.4) is 0 Å². The van der Waals surface area contributed by atoms with Crippen LogP contribution in [-0.2, 0) is 4.74 Å². The third-order valence-electron chi connectivity index (χ3n) is 2.13. The van der Waals surface area contributed by atoms with Crippen molar-refractivity contribution >= 4 is 17.9 Å². The summed E-state index contributed by atoms with van der Waals surface area (Å²) < 4.78 is 4.64. The maximum Gasteiger partial charge on any atom is 0.415 e. The summed E-state index contributed by atoms with van der Waals surface area (Å²) in [5.41, 5.74) is 0.0716. The molecule has 1 N–H and O–H groups in total. The van der Waals surface area contributed by atoms with Crippen LogP contribution in [0.1, 0.15) is 24.2 Å². The number of anilines is 1. The van der Waals surface area contributed by atoms with Crippen LogP contribution in [0.25, 0.3) is 0 Å². The van der Waals surface area contributed by atoms with E-state index in [1.807, 2.05) is 13.8 Å². The van der Waals surface area contributed by atoms with Gasteiger partial charge in [-0.2, -0.15) is 0 Å². The van der Waals surface area contributed by atoms with Gasteiger partial charge in [0.15, 0.2) is 0 Å². The standard InChI is InChI=1S/C11H14N2O4/c1-7(2)13(11(16)17-3)9-5-4-8(6-12-9)10(14)15/h4-7H,1-3H3,(H,14,15). The average molecular weight is 238 g/mol. The highest BCUT2D eigenvalue weighted by molar-refractivity contribution is 5.89. The summed E-state index contributed by atoms with van der Waals surface area (Å²) in [5.74, 6) is -0.699. The molecule has 92 valence electrons. The molecule has 0 aromatic carbocycles. The van der Waals surface area contributed by atoms with E-state index < -0.39 is 12.1 Å². The molecule has 0 bridgehead atoms. The van der Waals surface area contributed by atoms with Crippen molar-refractivity contribution in [3.63, 3.8) is 0 Å². The van der Waals surface area contributed by atoms with Gasteiger partial charge in [-0.15, -0.1) is 0 Å². The summed E-state index contributed by atoms with van der Waals surface area (Å²) >= 11 is 0. The number of ether oxygens (including phenoxy) is 1. The summed E-state index contributed by atoms with van der Waals surface area (Å²) in [4.78, 5) is 27.5. The Bertz CT molecular complexity index is 414. The van der Waals surface area contributed by atoms with Crippen molar-refractivity contribution in [3.05, 3.63) is 23.9 Å². The first-order chi connectivity index (χ1) is 7.97. The minimum absolute atomic E-state index is 0.0716. The van der Waals surface area contributed by atoms with Gasteiger partial charge in [0.25, 0.3) is 0 Å². The van der Waals surface area contributed by atoms with E-state index >= 15 is 0 Å². The van der Waals surface area contributed by atoms with Gasteiger partial charge in [0, 0.05) is 12.2 Å². The molecule has 0 fully saturated rings. The average Bonchev–Trinajstić information content (AvgIpc) is 2.29. The van der Waals surface area contributed by atoms with Crippen molar-refractivity contribution in [2.45, 2.75) is 19.9 Å². The number of carbonyl (C=O) groups is 2. The Morgan fingerprint density at radius 1 is 1.41 bits per heavy atom. The molecule has 6 nitrogen and oxygen atoms in total. The van der Waals surface area contributed by atoms with Crippen molar-refractivity contribution in [2.75, 3.05) is 12.0 Å². The molecular formula is C11H14N2O4. The molecule has 0 radical (unpaired) electrons. The normalized spacial score (nSPS) is 10.1. The number of carboxylic acids is 1. The van der Waals surface area contributed by atoms with Gasteiger partial charge >= 0.3 is 12.1 Å². The van der Waals surface area contributed by atoms with Gasteiger partial charge in [-0.3, -0.25) is 4.90 Å². The van der Waals surface area contributed by atoms with Crippen LogP contribution in [-0.4, -0.2) is 35.3 Å². The highest BCUT2D eigenvalue weighted by Gasteiger charge is 2.20. The molecule has 0 aliphatic heterocycles. The molecule has 0 aliphatic rings. The lowest BCUT2D eigenvalue weighted by Gasteiger charge is -2.23. The summed E-state index contributed by atoms with van der Waals surface area (Å²) in [6.07, 6.45) is 0.672. The first-order valence-corrected chi connectivity index (χ1v) is 5.04. The Labute approximate surface area is 98.8 Å². The number of pyridine rings is 1. The van der Waals surface area contributed by atoms with E-state index in [1.165, 1.54) is 30.3 Å². The van der Waals surface area contributed by atoms with Gasteiger partial charge in [-0.1, -0.05) is 0 Å². The van der Waals surface area contributed by atoms with E-state index in [1.54, 1.807) is 0 Å². The first-order valence-electron chi connectivity index (χ1n) is 5.04. The molecule has 1 aromatic heterocycles. The molecule has 17 heavy (non-hydrogen) atoms. The second-order valence-corrected chi connectivity index (χ2v) is 3.64. The number of hydrogen-bond acceptors (Lipinski definition) is 4. The Balaban J connectivity index is 3.03. The molecule has 1 rings (SSSR count). The third kappa shape index (κ3) is 2.93. The number of amides is 1. The summed E-state index contributed by atoms with van der Waals surface area (Å²) in [7, 11) is 1.28. The lowest BCUT2D eigenvalue weighted by Crippen LogP contribution is -2.37. The second kappa shape index (κ2) is 5.29. The molecule has 0 saturated carbocycles. The van der Waals surface area contributed by atoms with Crippen LogP contribution in [0.4, 0.5) is 10.6 Å². The van der Waals surface area contributed by atoms with E-state index in [0.29, 0.717) is 5.82 Å². The Morgan fingerprint density at radius 2 is 2.06 bits per heavy atom. The molecule has 0 aliphatic carbocycles. The van der Waals surface area contributed by atoms with Gasteiger partial charge in [-0.05, 0) is 26.0 Å². The Hall–Kier alpha value is -2.11. The zero-order chi connectivity index (χ0) is 13.0. The zero-order valence-corrected chi connectivity index (χ0v) is 9.88. The molecule has 0 spiro atoms. The lowest BCUT2D eigenvalue weighted by molar-refractivity contribution is 0.0696. The molecule has 6 heteroatoms. The third-order valence-corrected chi connectivity index (χ3v) is 2.13. The van der Waals surface area contributed by atoms with Crippen LogP contribution < -0.4 is 4.90 Å². The molecule has 1 aromatic rings. The van der Waals surface area contributed by atoms with E-state index in [4.69, 9.17) is 5.11 Å². The zero-order valence-electron chi connectivity index (χ0n) is 9.88. The smallest absolute Gasteiger partial charge is 0.415 e. The van der Waals surface area contributed by atoms with Gasteiger partial charge in [0.05, 0.1) is 12.7 Å². The highest BCUT2D eigenvalue weighted by Crippen LogP contribution is 2.15. The van der Waals surface area contributed by atoms with E-state index in [-0.39, 0.29) is 11.6 Å². The number of carboxylic acid groups (broad SMARTS) is 1. The largest absolute Gasteiger partial charge is 0.478 e. The molecule has 1 amide bonds. The molecular weight excluding hydrogens is 224 g/mol. The van der Waals surface area contributed by atoms with E-state index in [2.05, 4.69) is 9.72 Å². The van der Waals surface area contributed by atoms with Crippen molar-refractivity contribution < 1.29 is 19.4 Å². The number of hydrogen-bond donors (Lipinski definition) is 1. The van der Waals surface area contributed by atoms with E-state index in [9.17, 15) is 9.59 Å². The SMILES string of the molecule is COC(=O)N(c1ccc(C(=O)O)cn1)C(C)C. The topological polar surface area (TPSA) is 79.7 Å². The fourth-order valence-corrected chi connectivity index (χ4v) is 1.32. The Kier molecular flexibility index (Phi) is 4.03. The summed E-state index contributed by atoms with van der Waals surface area (Å²) in [6, 6.07) is 2.73. The van der Waals surface area contributed by atoms with Gasteiger partial charge < -0.3 is 9.84 Å². The lowest BCUT2D eigenvalue weighted by atomic mass is 10.2. The highest BCUT2D eigenvalue weighted by atomic mass is 16.5. The van der Waals surface area contributed by atoms with Crippen LogP contribution in [0.15, 0.2) is 18.3 Å². The second-order valence-electron chi connectivity index (χ2n) is 3.64. The predicted octanol–water partition coefficient (Wildman–Crippen LogP) is 1.76. The number of aromatic carboxylic acids is 1. The van der Waals surface area contributed by atoms with Crippen LogP contribution in [0, 0.1) is 0 Å². The maximum absolute atomic E-state index is 11.5. The van der Waals surface area contributed by atoms with Crippen LogP contribution >= 0.6 is 0 Å². The fourth-order valence-electron chi connectivity index (χ4n) is 1.32. The first kappa shape index (κ1) is 13.0. The maximum atomic E-state index is 11.5. The fraction of sp³-hybridized carbons (Fsp3) is 0.364.